The average Bonchev–Trinajstić information content (AvgIpc) is 3.30. The minimum atomic E-state index is -4.40. The van der Waals surface area contributed by atoms with E-state index in [1.165, 1.54) is 30.0 Å². The molecule has 2 aromatic rings. The van der Waals surface area contributed by atoms with Crippen LogP contribution in [0.15, 0.2) is 41.3 Å². The molecule has 0 unspecified atom stereocenters. The number of methoxy groups -OCH3 is 1. The van der Waals surface area contributed by atoms with Gasteiger partial charge in [0.05, 0.1) is 12.0 Å². The number of rotatable bonds is 7. The lowest BCUT2D eigenvalue weighted by molar-refractivity contribution is -0.387. The van der Waals surface area contributed by atoms with Crippen LogP contribution in [0.5, 0.6) is 0 Å². The number of fused-ring (bicyclic) bond motifs is 1. The number of sulfonamides is 1. The Balaban J connectivity index is 1.62. The zero-order valence-electron chi connectivity index (χ0n) is 19.8. The second-order valence-corrected chi connectivity index (χ2v) is 10.7. The van der Waals surface area contributed by atoms with Gasteiger partial charge in [-0.25, -0.2) is 17.6 Å². The summed E-state index contributed by atoms with van der Waals surface area (Å²) in [5.74, 6) is -1.89. The topological polar surface area (TPSA) is 127 Å². The van der Waals surface area contributed by atoms with Gasteiger partial charge in [0.2, 0.25) is 5.91 Å². The van der Waals surface area contributed by atoms with E-state index in [1.807, 2.05) is 0 Å². The van der Waals surface area contributed by atoms with E-state index < -0.39 is 55.3 Å². The van der Waals surface area contributed by atoms with Crippen molar-refractivity contribution in [1.82, 2.24) is 9.21 Å². The first-order valence-corrected chi connectivity index (χ1v) is 12.9. The Bertz CT molecular complexity index is 1330. The number of para-hydroxylation sites is 1. The molecule has 1 heterocycles. The first-order valence-electron chi connectivity index (χ1n) is 11.5. The van der Waals surface area contributed by atoms with Crippen molar-refractivity contribution in [3.8, 4) is 0 Å². The summed E-state index contributed by atoms with van der Waals surface area (Å²) in [4.78, 5) is 37.3. The van der Waals surface area contributed by atoms with Gasteiger partial charge in [-0.1, -0.05) is 18.2 Å². The first kappa shape index (κ1) is 25.7. The van der Waals surface area contributed by atoms with Gasteiger partial charge < -0.3 is 9.64 Å². The molecule has 1 aliphatic carbocycles. The van der Waals surface area contributed by atoms with Crippen LogP contribution in [0.1, 0.15) is 30.0 Å². The number of carbonyl (C=O) groups is 2. The molecule has 2 aromatic carbocycles. The van der Waals surface area contributed by atoms with E-state index in [0.29, 0.717) is 0 Å². The van der Waals surface area contributed by atoms with Gasteiger partial charge in [-0.3, -0.25) is 14.9 Å². The largest absolute Gasteiger partial charge is 0.467 e. The number of aryl methyl sites for hydroxylation is 2. The van der Waals surface area contributed by atoms with Gasteiger partial charge >= 0.3 is 5.97 Å². The molecule has 0 saturated carbocycles. The molecule has 12 heteroatoms. The zero-order chi connectivity index (χ0) is 26.2. The van der Waals surface area contributed by atoms with Gasteiger partial charge in [0.25, 0.3) is 15.7 Å². The molecular weight excluding hydrogens is 493 g/mol. The van der Waals surface area contributed by atoms with Gasteiger partial charge in [-0.2, -0.15) is 4.31 Å². The SMILES string of the molecule is COC(=O)[C@H](Cc1cc2c(cc1F)CCC2)N1CCN(S(=O)(=O)c2ccccc2[N+](=O)[O-])[C@@H](C)C1=O. The van der Waals surface area contributed by atoms with Crippen LogP contribution in [0.4, 0.5) is 10.1 Å². The summed E-state index contributed by atoms with van der Waals surface area (Å²) in [6.07, 6.45) is 2.40. The Morgan fingerprint density at radius 3 is 2.56 bits per heavy atom. The molecule has 10 nitrogen and oxygen atoms in total. The molecule has 1 fully saturated rings. The number of amides is 1. The summed E-state index contributed by atoms with van der Waals surface area (Å²) in [6, 6.07) is 5.68. The lowest BCUT2D eigenvalue weighted by Gasteiger charge is -2.41. The third kappa shape index (κ3) is 4.58. The van der Waals surface area contributed by atoms with Crippen molar-refractivity contribution < 1.29 is 32.1 Å². The summed E-state index contributed by atoms with van der Waals surface area (Å²) in [7, 11) is -3.23. The maximum atomic E-state index is 14.8. The number of nitro groups is 1. The minimum absolute atomic E-state index is 0.124. The molecule has 0 radical (unpaired) electrons. The van der Waals surface area contributed by atoms with Crippen molar-refractivity contribution in [2.75, 3.05) is 20.2 Å². The summed E-state index contributed by atoms with van der Waals surface area (Å²) in [5.41, 5.74) is 1.63. The molecule has 0 aromatic heterocycles. The van der Waals surface area contributed by atoms with Crippen molar-refractivity contribution in [3.63, 3.8) is 0 Å². The second-order valence-electron chi connectivity index (χ2n) is 8.86. The summed E-state index contributed by atoms with van der Waals surface area (Å²) >= 11 is 0. The van der Waals surface area contributed by atoms with Crippen LogP contribution in [-0.2, 0) is 43.6 Å². The van der Waals surface area contributed by atoms with E-state index in [0.717, 1.165) is 53.9 Å². The van der Waals surface area contributed by atoms with E-state index in [9.17, 15) is 32.5 Å². The van der Waals surface area contributed by atoms with Crippen LogP contribution in [0.25, 0.3) is 0 Å². The molecule has 0 N–H and O–H groups in total. The highest BCUT2D eigenvalue weighted by Gasteiger charge is 2.45. The fourth-order valence-electron chi connectivity index (χ4n) is 4.93. The molecule has 1 aliphatic heterocycles. The predicted octanol–water partition coefficient (Wildman–Crippen LogP) is 2.23. The third-order valence-corrected chi connectivity index (χ3v) is 8.82. The Morgan fingerprint density at radius 1 is 1.22 bits per heavy atom. The van der Waals surface area contributed by atoms with Gasteiger partial charge in [-0.05, 0) is 55.0 Å². The highest BCUT2D eigenvalue weighted by molar-refractivity contribution is 7.89. The van der Waals surface area contributed by atoms with Crippen molar-refractivity contribution in [3.05, 3.63) is 69.0 Å². The fourth-order valence-corrected chi connectivity index (χ4v) is 6.67. The van der Waals surface area contributed by atoms with Crippen molar-refractivity contribution in [1.29, 1.82) is 0 Å². The maximum Gasteiger partial charge on any atom is 0.328 e. The van der Waals surface area contributed by atoms with Gasteiger partial charge in [-0.15, -0.1) is 0 Å². The first-order chi connectivity index (χ1) is 17.1. The van der Waals surface area contributed by atoms with Crippen molar-refractivity contribution >= 4 is 27.6 Å². The number of nitrogens with zero attached hydrogens (tertiary/aromatic N) is 3. The Morgan fingerprint density at radius 2 is 1.89 bits per heavy atom. The molecule has 4 rings (SSSR count). The summed E-state index contributed by atoms with van der Waals surface area (Å²) < 4.78 is 47.2. The lowest BCUT2D eigenvalue weighted by Crippen LogP contribution is -2.61. The number of halogens is 1. The fraction of sp³-hybridized carbons (Fsp3) is 0.417. The average molecular weight is 520 g/mol. The normalized spacial score (nSPS) is 19.1. The number of ether oxygens (including phenoxy) is 1. The second kappa shape index (κ2) is 9.94. The number of esters is 1. The van der Waals surface area contributed by atoms with Crippen LogP contribution in [0, 0.1) is 15.9 Å². The van der Waals surface area contributed by atoms with Crippen molar-refractivity contribution in [2.24, 2.45) is 0 Å². The summed E-state index contributed by atoms with van der Waals surface area (Å²) in [6.45, 7) is 0.974. The quantitative estimate of drug-likeness (QED) is 0.312. The smallest absolute Gasteiger partial charge is 0.328 e. The minimum Gasteiger partial charge on any atom is -0.467 e. The molecule has 1 saturated heterocycles. The Labute approximate surface area is 207 Å². The molecule has 2 aliphatic rings. The van der Waals surface area contributed by atoms with Crippen LogP contribution in [-0.4, -0.2) is 66.7 Å². The molecule has 192 valence electrons. The Hall–Kier alpha value is -3.38. The van der Waals surface area contributed by atoms with Crippen LogP contribution in [0.2, 0.25) is 0 Å². The third-order valence-electron chi connectivity index (χ3n) is 6.81. The molecule has 0 spiro atoms. The van der Waals surface area contributed by atoms with Crippen LogP contribution in [0.3, 0.4) is 0 Å². The number of hydrogen-bond acceptors (Lipinski definition) is 7. The van der Waals surface area contributed by atoms with E-state index in [2.05, 4.69) is 0 Å². The maximum absolute atomic E-state index is 14.8. The van der Waals surface area contributed by atoms with Crippen LogP contribution >= 0.6 is 0 Å². The van der Waals surface area contributed by atoms with E-state index in [4.69, 9.17) is 4.74 Å². The standard InChI is InChI=1S/C24H26FN3O7S/c1-15-23(29)26(10-11-27(15)36(33,34)22-9-4-3-8-20(22)28(31)32)21(24(30)35-2)14-18-12-16-6-5-7-17(16)13-19(18)25/h3-4,8-9,12-13,15,21H,5-7,10-11,14H2,1-2H3/t15-,21-/m0/s1. The van der Waals surface area contributed by atoms with E-state index in [1.54, 1.807) is 6.07 Å². The molecular formula is C24H26FN3O7S. The van der Waals surface area contributed by atoms with Crippen molar-refractivity contribution in [2.45, 2.75) is 49.6 Å². The monoisotopic (exact) mass is 519 g/mol. The van der Waals surface area contributed by atoms with E-state index in [-0.39, 0.29) is 25.1 Å². The predicted molar refractivity (Wildman–Crippen MR) is 126 cm³/mol. The zero-order valence-corrected chi connectivity index (χ0v) is 20.7. The number of nitro benzene ring substituents is 1. The molecule has 36 heavy (non-hydrogen) atoms. The highest BCUT2D eigenvalue weighted by Crippen LogP contribution is 2.31. The van der Waals surface area contributed by atoms with Gasteiger partial charge in [0.1, 0.15) is 17.9 Å². The highest BCUT2D eigenvalue weighted by atomic mass is 32.2. The molecule has 1 amide bonds. The van der Waals surface area contributed by atoms with Gasteiger partial charge in [0.15, 0.2) is 4.90 Å². The number of benzene rings is 2. The van der Waals surface area contributed by atoms with Crippen LogP contribution < -0.4 is 0 Å². The summed E-state index contributed by atoms with van der Waals surface area (Å²) in [5, 5.41) is 11.4. The Kier molecular flexibility index (Phi) is 7.10. The number of carbonyl (C=O) groups excluding carboxylic acids is 2. The molecule has 0 bridgehead atoms. The molecule has 2 atom stereocenters. The number of hydrogen-bond donors (Lipinski definition) is 0. The lowest BCUT2D eigenvalue weighted by atomic mass is 9.98. The van der Waals surface area contributed by atoms with Gasteiger partial charge in [0, 0.05) is 25.6 Å². The number of piperazine rings is 1. The van der Waals surface area contributed by atoms with E-state index >= 15 is 0 Å².